The largest absolute Gasteiger partial charge is 0.466 e. The molecule has 2 rings (SSSR count). The van der Waals surface area contributed by atoms with Crippen molar-refractivity contribution >= 4 is 0 Å². The first-order valence-electron chi connectivity index (χ1n) is 4.30. The van der Waals surface area contributed by atoms with Crippen molar-refractivity contribution in [1.29, 1.82) is 0 Å². The van der Waals surface area contributed by atoms with Crippen LogP contribution in [-0.2, 0) is 6.54 Å². The minimum Gasteiger partial charge on any atom is -0.466 e. The van der Waals surface area contributed by atoms with Gasteiger partial charge in [0.1, 0.15) is 11.5 Å². The maximum atomic E-state index is 5.36. The zero-order valence-corrected chi connectivity index (χ0v) is 8.07. The molecular weight excluding hydrogens is 182 g/mol. The van der Waals surface area contributed by atoms with Crippen molar-refractivity contribution in [2.45, 2.75) is 20.4 Å². The fraction of sp³-hybridized carbons (Fsp3) is 0.333. The summed E-state index contributed by atoms with van der Waals surface area (Å²) in [4.78, 5) is 0. The molecular formula is C9H11N3O2. The van der Waals surface area contributed by atoms with E-state index in [2.05, 4.69) is 10.2 Å². The quantitative estimate of drug-likeness (QED) is 0.780. The van der Waals surface area contributed by atoms with Crippen LogP contribution in [0, 0.1) is 13.8 Å². The number of aromatic nitrogens is 2. The zero-order chi connectivity index (χ0) is 10.1. The number of nitrogens with two attached hydrogens (primary N) is 1. The van der Waals surface area contributed by atoms with E-state index in [4.69, 9.17) is 14.6 Å². The number of hydrogen-bond acceptors (Lipinski definition) is 5. The number of rotatable bonds is 2. The van der Waals surface area contributed by atoms with Gasteiger partial charge in [0.25, 0.3) is 5.89 Å². The van der Waals surface area contributed by atoms with Crippen LogP contribution in [0.5, 0.6) is 0 Å². The van der Waals surface area contributed by atoms with Crippen LogP contribution in [0.15, 0.2) is 14.9 Å². The lowest BCUT2D eigenvalue weighted by Crippen LogP contribution is -1.95. The van der Waals surface area contributed by atoms with Gasteiger partial charge >= 0.3 is 0 Å². The smallest absolute Gasteiger partial charge is 0.251 e. The van der Waals surface area contributed by atoms with Crippen molar-refractivity contribution in [3.63, 3.8) is 0 Å². The molecule has 0 spiro atoms. The first-order valence-corrected chi connectivity index (χ1v) is 4.30. The second kappa shape index (κ2) is 3.26. The first kappa shape index (κ1) is 8.96. The van der Waals surface area contributed by atoms with Gasteiger partial charge < -0.3 is 14.6 Å². The van der Waals surface area contributed by atoms with E-state index >= 15 is 0 Å². The molecule has 0 radical (unpaired) electrons. The molecule has 2 N–H and O–H groups in total. The summed E-state index contributed by atoms with van der Waals surface area (Å²) in [6.07, 6.45) is 0. The Morgan fingerprint density at radius 3 is 2.57 bits per heavy atom. The number of aryl methyl sites for hydroxylation is 2. The van der Waals surface area contributed by atoms with E-state index < -0.39 is 0 Å². The number of nitrogens with zero attached hydrogens (tertiary/aromatic N) is 2. The molecule has 5 heteroatoms. The van der Waals surface area contributed by atoms with Gasteiger partial charge in [-0.2, -0.15) is 0 Å². The molecule has 0 bridgehead atoms. The van der Waals surface area contributed by atoms with E-state index in [0.717, 1.165) is 17.1 Å². The third-order valence-corrected chi connectivity index (χ3v) is 1.91. The molecule has 0 aliphatic carbocycles. The highest BCUT2D eigenvalue weighted by Crippen LogP contribution is 2.24. The first-order chi connectivity index (χ1) is 6.70. The van der Waals surface area contributed by atoms with Gasteiger partial charge in [0.15, 0.2) is 0 Å². The average Bonchev–Trinajstić information content (AvgIpc) is 2.71. The number of hydrogen-bond donors (Lipinski definition) is 1. The van der Waals surface area contributed by atoms with Crippen LogP contribution in [0.1, 0.15) is 17.4 Å². The summed E-state index contributed by atoms with van der Waals surface area (Å²) in [5, 5.41) is 7.65. The minimum absolute atomic E-state index is 0.253. The molecule has 0 aromatic carbocycles. The normalized spacial score (nSPS) is 10.8. The summed E-state index contributed by atoms with van der Waals surface area (Å²) in [7, 11) is 0. The van der Waals surface area contributed by atoms with Crippen molar-refractivity contribution in [2.75, 3.05) is 0 Å². The van der Waals surface area contributed by atoms with Crippen LogP contribution in [-0.4, -0.2) is 10.2 Å². The van der Waals surface area contributed by atoms with Crippen molar-refractivity contribution in [1.82, 2.24) is 10.2 Å². The van der Waals surface area contributed by atoms with Crippen LogP contribution in [0.4, 0.5) is 0 Å². The SMILES string of the molecule is Cc1cc(-c2nnc(CN)o2)c(C)o1. The molecule has 14 heavy (non-hydrogen) atoms. The van der Waals surface area contributed by atoms with Gasteiger partial charge in [0.2, 0.25) is 5.89 Å². The number of furan rings is 1. The van der Waals surface area contributed by atoms with Gasteiger partial charge in [0, 0.05) is 0 Å². The lowest BCUT2D eigenvalue weighted by atomic mass is 10.2. The Balaban J connectivity index is 2.43. The Labute approximate surface area is 80.9 Å². The molecule has 0 atom stereocenters. The molecule has 5 nitrogen and oxygen atoms in total. The van der Waals surface area contributed by atoms with Gasteiger partial charge in [-0.15, -0.1) is 10.2 Å². The lowest BCUT2D eigenvalue weighted by molar-refractivity contribution is 0.494. The Hall–Kier alpha value is -1.62. The van der Waals surface area contributed by atoms with E-state index in [9.17, 15) is 0 Å². The zero-order valence-electron chi connectivity index (χ0n) is 8.07. The fourth-order valence-corrected chi connectivity index (χ4v) is 1.29. The minimum atomic E-state index is 0.253. The van der Waals surface area contributed by atoms with Crippen LogP contribution >= 0.6 is 0 Å². The predicted octanol–water partition coefficient (Wildman–Crippen LogP) is 1.41. The highest BCUT2D eigenvalue weighted by Gasteiger charge is 2.13. The maximum absolute atomic E-state index is 5.36. The molecule has 0 amide bonds. The Bertz CT molecular complexity index is 445. The van der Waals surface area contributed by atoms with E-state index in [1.807, 2.05) is 19.9 Å². The standard InChI is InChI=1S/C9H11N3O2/c1-5-3-7(6(2)13-5)9-12-11-8(4-10)14-9/h3H,4,10H2,1-2H3. The van der Waals surface area contributed by atoms with Crippen molar-refractivity contribution in [3.8, 4) is 11.5 Å². The molecule has 0 saturated carbocycles. The van der Waals surface area contributed by atoms with Crippen molar-refractivity contribution in [2.24, 2.45) is 5.73 Å². The van der Waals surface area contributed by atoms with Crippen LogP contribution in [0.2, 0.25) is 0 Å². The van der Waals surface area contributed by atoms with Crippen LogP contribution < -0.4 is 5.73 Å². The molecule has 2 aromatic rings. The van der Waals surface area contributed by atoms with Crippen LogP contribution in [0.25, 0.3) is 11.5 Å². The fourth-order valence-electron chi connectivity index (χ4n) is 1.29. The molecule has 2 aromatic heterocycles. The van der Waals surface area contributed by atoms with E-state index in [1.165, 1.54) is 0 Å². The molecule has 74 valence electrons. The summed E-state index contributed by atoms with van der Waals surface area (Å²) in [6.45, 7) is 3.98. The molecule has 2 heterocycles. The highest BCUT2D eigenvalue weighted by atomic mass is 16.4. The summed E-state index contributed by atoms with van der Waals surface area (Å²) in [5.74, 6) is 2.48. The highest BCUT2D eigenvalue weighted by molar-refractivity contribution is 5.55. The molecule has 0 fully saturated rings. The molecule has 0 unspecified atom stereocenters. The lowest BCUT2D eigenvalue weighted by Gasteiger charge is -1.88. The predicted molar refractivity (Wildman–Crippen MR) is 49.4 cm³/mol. The van der Waals surface area contributed by atoms with Gasteiger partial charge in [-0.05, 0) is 19.9 Å². The molecule has 0 saturated heterocycles. The second-order valence-electron chi connectivity index (χ2n) is 3.03. The van der Waals surface area contributed by atoms with Gasteiger partial charge in [-0.1, -0.05) is 0 Å². The molecule has 0 aliphatic heterocycles. The van der Waals surface area contributed by atoms with Gasteiger partial charge in [-0.25, -0.2) is 0 Å². The van der Waals surface area contributed by atoms with E-state index in [0.29, 0.717) is 11.8 Å². The van der Waals surface area contributed by atoms with E-state index in [-0.39, 0.29) is 6.54 Å². The summed E-state index contributed by atoms with van der Waals surface area (Å²) < 4.78 is 10.7. The summed E-state index contributed by atoms with van der Waals surface area (Å²) in [5.41, 5.74) is 6.19. The Morgan fingerprint density at radius 1 is 1.29 bits per heavy atom. The van der Waals surface area contributed by atoms with Gasteiger partial charge in [0.05, 0.1) is 12.1 Å². The average molecular weight is 193 g/mol. The van der Waals surface area contributed by atoms with Crippen molar-refractivity contribution < 1.29 is 8.83 Å². The van der Waals surface area contributed by atoms with Crippen LogP contribution in [0.3, 0.4) is 0 Å². The van der Waals surface area contributed by atoms with Gasteiger partial charge in [-0.3, -0.25) is 0 Å². The third kappa shape index (κ3) is 1.42. The monoisotopic (exact) mass is 193 g/mol. The topological polar surface area (TPSA) is 78.1 Å². The third-order valence-electron chi connectivity index (χ3n) is 1.91. The second-order valence-corrected chi connectivity index (χ2v) is 3.03. The van der Waals surface area contributed by atoms with E-state index in [1.54, 1.807) is 0 Å². The Morgan fingerprint density at radius 2 is 2.07 bits per heavy atom. The maximum Gasteiger partial charge on any atom is 0.251 e. The summed E-state index contributed by atoms with van der Waals surface area (Å²) in [6, 6.07) is 1.86. The summed E-state index contributed by atoms with van der Waals surface area (Å²) >= 11 is 0. The van der Waals surface area contributed by atoms with Crippen molar-refractivity contribution in [3.05, 3.63) is 23.5 Å². The Kier molecular flexibility index (Phi) is 2.09. The molecule has 0 aliphatic rings.